The Morgan fingerprint density at radius 2 is 1.42 bits per heavy atom. The van der Waals surface area contributed by atoms with E-state index in [9.17, 15) is 9.90 Å². The molecular weight excluding hydrogens is 560 g/mol. The summed E-state index contributed by atoms with van der Waals surface area (Å²) in [4.78, 5) is 15.3. The molecule has 4 aromatic rings. The van der Waals surface area contributed by atoms with Gasteiger partial charge in [-0.25, -0.2) is 0 Å². The molecule has 0 radical (unpaired) electrons. The van der Waals surface area contributed by atoms with Gasteiger partial charge in [0, 0.05) is 30.6 Å². The SMILES string of the molecule is O=C(NCc1ccccc1-c1ccc([C@H]2O[C@@H](CN3CCCCCCC3)C[C@@H](c3ccc(CO)cc3)O2)cc1)c1ccccc1. The number of carbonyl (C=O) groups is 1. The molecule has 0 unspecified atom stereocenters. The second-order valence-corrected chi connectivity index (χ2v) is 12.2. The number of aliphatic hydroxyl groups is 1. The summed E-state index contributed by atoms with van der Waals surface area (Å²) in [5.74, 6) is -0.0850. The van der Waals surface area contributed by atoms with Gasteiger partial charge in [-0.05, 0) is 65.9 Å². The molecule has 2 N–H and O–H groups in total. The Labute approximate surface area is 267 Å². The largest absolute Gasteiger partial charge is 0.392 e. The molecule has 3 atom stereocenters. The minimum atomic E-state index is -0.476. The van der Waals surface area contributed by atoms with E-state index in [0.717, 1.165) is 59.4 Å². The highest BCUT2D eigenvalue weighted by molar-refractivity contribution is 5.94. The number of likely N-dealkylation sites (tertiary alicyclic amines) is 1. The zero-order valence-corrected chi connectivity index (χ0v) is 25.9. The van der Waals surface area contributed by atoms with Crippen LogP contribution in [0.3, 0.4) is 0 Å². The van der Waals surface area contributed by atoms with Gasteiger partial charge in [-0.3, -0.25) is 4.79 Å². The molecule has 2 saturated heterocycles. The lowest BCUT2D eigenvalue weighted by atomic mass is 9.97. The van der Waals surface area contributed by atoms with Crippen LogP contribution in [0.4, 0.5) is 0 Å². The van der Waals surface area contributed by atoms with Crippen LogP contribution in [0.2, 0.25) is 0 Å². The maximum atomic E-state index is 12.7. The molecule has 0 saturated carbocycles. The van der Waals surface area contributed by atoms with Gasteiger partial charge in [-0.1, -0.05) is 110 Å². The van der Waals surface area contributed by atoms with Crippen molar-refractivity contribution in [3.8, 4) is 11.1 Å². The van der Waals surface area contributed by atoms with Crippen molar-refractivity contribution in [3.05, 3.63) is 131 Å². The fraction of sp³-hybridized carbons (Fsp3) is 0.359. The van der Waals surface area contributed by atoms with Crippen LogP contribution in [0.5, 0.6) is 0 Å². The van der Waals surface area contributed by atoms with Crippen molar-refractivity contribution >= 4 is 5.91 Å². The lowest BCUT2D eigenvalue weighted by molar-refractivity contribution is -0.253. The number of nitrogens with zero attached hydrogens (tertiary/aromatic N) is 1. The molecule has 6 rings (SSSR count). The Morgan fingerprint density at radius 1 is 0.756 bits per heavy atom. The van der Waals surface area contributed by atoms with Crippen molar-refractivity contribution in [3.63, 3.8) is 0 Å². The van der Waals surface area contributed by atoms with Crippen LogP contribution in [0.1, 0.15) is 83.5 Å². The monoisotopic (exact) mass is 604 g/mol. The summed E-state index contributed by atoms with van der Waals surface area (Å²) in [6.45, 7) is 3.63. The molecule has 6 heteroatoms. The van der Waals surface area contributed by atoms with Gasteiger partial charge in [-0.2, -0.15) is 0 Å². The number of nitrogens with one attached hydrogen (secondary N) is 1. The minimum Gasteiger partial charge on any atom is -0.392 e. The minimum absolute atomic E-state index is 0.0317. The van der Waals surface area contributed by atoms with Gasteiger partial charge < -0.3 is 24.8 Å². The quantitative estimate of drug-likeness (QED) is 0.206. The Hall–Kier alpha value is -3.81. The van der Waals surface area contributed by atoms with Crippen molar-refractivity contribution in [2.75, 3.05) is 19.6 Å². The van der Waals surface area contributed by atoms with E-state index in [1.807, 2.05) is 54.6 Å². The van der Waals surface area contributed by atoms with Crippen LogP contribution in [0, 0.1) is 0 Å². The van der Waals surface area contributed by atoms with Crippen molar-refractivity contribution in [1.82, 2.24) is 10.2 Å². The molecule has 4 aromatic carbocycles. The fourth-order valence-corrected chi connectivity index (χ4v) is 6.46. The third-order valence-corrected chi connectivity index (χ3v) is 9.01. The van der Waals surface area contributed by atoms with E-state index < -0.39 is 6.29 Å². The van der Waals surface area contributed by atoms with Crippen LogP contribution in [0.15, 0.2) is 103 Å². The highest BCUT2D eigenvalue weighted by Crippen LogP contribution is 2.39. The second kappa shape index (κ2) is 15.5. The topological polar surface area (TPSA) is 71.0 Å². The number of aliphatic hydroxyl groups excluding tert-OH is 1. The Balaban J connectivity index is 1.18. The summed E-state index contributed by atoms with van der Waals surface area (Å²) in [6.07, 6.45) is 6.74. The van der Waals surface area contributed by atoms with Crippen LogP contribution in [-0.4, -0.2) is 41.7 Å². The smallest absolute Gasteiger partial charge is 0.251 e. The van der Waals surface area contributed by atoms with Gasteiger partial charge in [0.25, 0.3) is 5.91 Å². The average Bonchev–Trinajstić information content (AvgIpc) is 3.09. The Kier molecular flexibility index (Phi) is 10.7. The van der Waals surface area contributed by atoms with E-state index >= 15 is 0 Å². The van der Waals surface area contributed by atoms with E-state index in [1.54, 1.807) is 0 Å². The number of hydrogen-bond acceptors (Lipinski definition) is 5. The molecule has 0 aliphatic carbocycles. The summed E-state index contributed by atoms with van der Waals surface area (Å²) in [6, 6.07) is 34.0. The van der Waals surface area contributed by atoms with Gasteiger partial charge in [0.2, 0.25) is 0 Å². The number of carbonyl (C=O) groups excluding carboxylic acids is 1. The molecule has 0 bridgehead atoms. The average molecular weight is 605 g/mol. The van der Waals surface area contributed by atoms with E-state index in [2.05, 4.69) is 58.7 Å². The predicted molar refractivity (Wildman–Crippen MR) is 177 cm³/mol. The first-order chi connectivity index (χ1) is 22.2. The Morgan fingerprint density at radius 3 is 2.16 bits per heavy atom. The molecular formula is C39H44N2O4. The molecule has 2 aliphatic heterocycles. The summed E-state index contributed by atoms with van der Waals surface area (Å²) < 4.78 is 13.3. The maximum absolute atomic E-state index is 12.7. The van der Waals surface area contributed by atoms with Gasteiger partial charge in [-0.15, -0.1) is 0 Å². The molecule has 2 aliphatic rings. The molecule has 1 amide bonds. The lowest BCUT2D eigenvalue weighted by Gasteiger charge is -2.39. The van der Waals surface area contributed by atoms with Crippen molar-refractivity contribution in [1.29, 1.82) is 0 Å². The van der Waals surface area contributed by atoms with Crippen LogP contribution in [-0.2, 0) is 22.6 Å². The molecule has 0 aromatic heterocycles. The van der Waals surface area contributed by atoms with Crippen LogP contribution in [0.25, 0.3) is 11.1 Å². The molecule has 45 heavy (non-hydrogen) atoms. The normalized spacial score (nSPS) is 21.0. The molecule has 2 heterocycles. The predicted octanol–water partition coefficient (Wildman–Crippen LogP) is 7.59. The van der Waals surface area contributed by atoms with Crippen molar-refractivity contribution in [2.24, 2.45) is 0 Å². The number of hydrogen-bond donors (Lipinski definition) is 2. The third-order valence-electron chi connectivity index (χ3n) is 9.01. The van der Waals surface area contributed by atoms with Crippen LogP contribution < -0.4 is 5.32 Å². The molecule has 6 nitrogen and oxygen atoms in total. The van der Waals surface area contributed by atoms with Crippen LogP contribution >= 0.6 is 0 Å². The summed E-state index contributed by atoms with van der Waals surface area (Å²) >= 11 is 0. The molecule has 2 fully saturated rings. The number of ether oxygens (including phenoxy) is 2. The lowest BCUT2D eigenvalue weighted by Crippen LogP contribution is -2.40. The first kappa shape index (κ1) is 31.2. The Bertz CT molecular complexity index is 1500. The first-order valence-corrected chi connectivity index (χ1v) is 16.4. The summed E-state index contributed by atoms with van der Waals surface area (Å²) in [5, 5.41) is 12.6. The van der Waals surface area contributed by atoms with E-state index in [0.29, 0.717) is 12.1 Å². The van der Waals surface area contributed by atoms with Gasteiger partial charge in [0.05, 0.1) is 18.8 Å². The highest BCUT2D eigenvalue weighted by Gasteiger charge is 2.33. The zero-order valence-electron chi connectivity index (χ0n) is 25.9. The van der Waals surface area contributed by atoms with Crippen molar-refractivity contribution in [2.45, 2.75) is 70.2 Å². The molecule has 234 valence electrons. The van der Waals surface area contributed by atoms with Gasteiger partial charge >= 0.3 is 0 Å². The second-order valence-electron chi connectivity index (χ2n) is 12.2. The number of rotatable bonds is 9. The van der Waals surface area contributed by atoms with E-state index in [1.165, 1.54) is 32.1 Å². The van der Waals surface area contributed by atoms with Gasteiger partial charge in [0.15, 0.2) is 6.29 Å². The van der Waals surface area contributed by atoms with E-state index in [-0.39, 0.29) is 24.7 Å². The number of amides is 1. The number of benzene rings is 4. The molecule has 0 spiro atoms. The highest BCUT2D eigenvalue weighted by atomic mass is 16.7. The first-order valence-electron chi connectivity index (χ1n) is 16.4. The van der Waals surface area contributed by atoms with Crippen molar-refractivity contribution < 1.29 is 19.4 Å². The summed E-state index contributed by atoms with van der Waals surface area (Å²) in [7, 11) is 0. The van der Waals surface area contributed by atoms with Gasteiger partial charge in [0.1, 0.15) is 0 Å². The summed E-state index contributed by atoms with van der Waals surface area (Å²) in [5.41, 5.74) is 6.87. The maximum Gasteiger partial charge on any atom is 0.251 e. The standard InChI is InChI=1S/C39H44N2O4/c42-28-29-15-17-31(18-16-29)37-25-35(27-41-23-9-2-1-3-10-24-41)44-39(45-37)33-21-19-30(20-22-33)36-14-8-7-13-34(36)26-40-38(43)32-11-5-4-6-12-32/h4-8,11-22,35,37,39,42H,1-3,9-10,23-28H2,(H,40,43)/t35-,37+,39+/m1/s1. The third kappa shape index (κ3) is 8.27. The zero-order chi connectivity index (χ0) is 30.8. The fourth-order valence-electron chi connectivity index (χ4n) is 6.46. The van der Waals surface area contributed by atoms with E-state index in [4.69, 9.17) is 9.47 Å².